The lowest BCUT2D eigenvalue weighted by Gasteiger charge is -2.16. The molecule has 0 saturated carbocycles. The summed E-state index contributed by atoms with van der Waals surface area (Å²) >= 11 is 0. The minimum Gasteiger partial charge on any atom is -0.478 e. The molecule has 0 fully saturated rings. The SMILES string of the molecule is CCNS(=O)(=O)c1ccc(N)cc1.Cc1cc(C(=O)O)c(C)n1-c1ccccc1C(F)(F)F. The summed E-state index contributed by atoms with van der Waals surface area (Å²) < 4.78 is 65.6. The highest BCUT2D eigenvalue weighted by atomic mass is 32.2. The molecular formula is C22H24F3N3O4S. The summed E-state index contributed by atoms with van der Waals surface area (Å²) in [4.78, 5) is 11.3. The highest BCUT2D eigenvalue weighted by Crippen LogP contribution is 2.35. The molecule has 0 atom stereocenters. The zero-order valence-electron chi connectivity index (χ0n) is 18.1. The van der Waals surface area contributed by atoms with Crippen LogP contribution < -0.4 is 10.5 Å². The first-order chi connectivity index (χ1) is 15.3. The summed E-state index contributed by atoms with van der Waals surface area (Å²) in [7, 11) is -3.33. The van der Waals surface area contributed by atoms with Crippen molar-refractivity contribution in [3.8, 4) is 5.69 Å². The molecule has 4 N–H and O–H groups in total. The molecule has 0 bridgehead atoms. The Morgan fingerprint density at radius 1 is 1.09 bits per heavy atom. The van der Waals surface area contributed by atoms with Gasteiger partial charge in [-0.15, -0.1) is 0 Å². The van der Waals surface area contributed by atoms with Crippen LogP contribution in [0.25, 0.3) is 5.69 Å². The van der Waals surface area contributed by atoms with Crippen LogP contribution in [0.2, 0.25) is 0 Å². The molecule has 0 spiro atoms. The maximum atomic E-state index is 13.0. The van der Waals surface area contributed by atoms with Gasteiger partial charge in [0, 0.05) is 23.6 Å². The number of hydrogen-bond acceptors (Lipinski definition) is 4. The number of para-hydroxylation sites is 1. The zero-order valence-corrected chi connectivity index (χ0v) is 19.0. The van der Waals surface area contributed by atoms with Gasteiger partial charge in [-0.05, 0) is 56.3 Å². The molecule has 178 valence electrons. The standard InChI is InChI=1S/C14H12F3NO2.C8H12N2O2S/c1-8-7-10(13(19)20)9(2)18(8)12-6-4-3-5-11(12)14(15,16)17;1-2-10-13(11,12)8-5-3-7(9)4-6-8/h3-7H,1-2H3,(H,19,20);3-6,10H,2,9H2,1H3. The van der Waals surface area contributed by atoms with Crippen LogP contribution in [-0.2, 0) is 16.2 Å². The molecule has 0 aliphatic rings. The summed E-state index contributed by atoms with van der Waals surface area (Å²) in [5.74, 6) is -1.16. The van der Waals surface area contributed by atoms with Gasteiger partial charge in [-0.3, -0.25) is 0 Å². The molecule has 0 radical (unpaired) electrons. The van der Waals surface area contributed by atoms with Crippen molar-refractivity contribution in [3.05, 3.63) is 77.1 Å². The van der Waals surface area contributed by atoms with Gasteiger partial charge in [-0.2, -0.15) is 13.2 Å². The second kappa shape index (κ2) is 10.1. The molecule has 0 amide bonds. The largest absolute Gasteiger partial charge is 0.478 e. The van der Waals surface area contributed by atoms with Gasteiger partial charge >= 0.3 is 12.1 Å². The maximum absolute atomic E-state index is 13.0. The van der Waals surface area contributed by atoms with Gasteiger partial charge < -0.3 is 15.4 Å². The minimum absolute atomic E-state index is 0.000484. The first-order valence-electron chi connectivity index (χ1n) is 9.73. The lowest BCUT2D eigenvalue weighted by molar-refractivity contribution is -0.137. The maximum Gasteiger partial charge on any atom is 0.418 e. The summed E-state index contributed by atoms with van der Waals surface area (Å²) in [6.07, 6.45) is -4.50. The Hall–Kier alpha value is -3.31. The zero-order chi connectivity index (χ0) is 25.0. The van der Waals surface area contributed by atoms with Crippen molar-refractivity contribution in [2.75, 3.05) is 12.3 Å². The van der Waals surface area contributed by atoms with E-state index in [1.807, 2.05) is 0 Å². The van der Waals surface area contributed by atoms with Crippen molar-refractivity contribution in [1.29, 1.82) is 0 Å². The molecule has 2 aromatic carbocycles. The van der Waals surface area contributed by atoms with Gasteiger partial charge in [-0.25, -0.2) is 17.9 Å². The fraction of sp³-hybridized carbons (Fsp3) is 0.227. The summed E-state index contributed by atoms with van der Waals surface area (Å²) in [6, 6.07) is 12.5. The van der Waals surface area contributed by atoms with E-state index in [4.69, 9.17) is 10.8 Å². The predicted octanol–water partition coefficient (Wildman–Crippen LogP) is 4.38. The van der Waals surface area contributed by atoms with E-state index in [9.17, 15) is 26.4 Å². The van der Waals surface area contributed by atoms with E-state index in [-0.39, 0.29) is 21.8 Å². The molecule has 11 heteroatoms. The first-order valence-corrected chi connectivity index (χ1v) is 11.2. The summed E-state index contributed by atoms with van der Waals surface area (Å²) in [5.41, 5.74) is 5.83. The van der Waals surface area contributed by atoms with E-state index in [0.29, 0.717) is 17.9 Å². The predicted molar refractivity (Wildman–Crippen MR) is 119 cm³/mol. The number of nitrogens with two attached hydrogens (primary N) is 1. The van der Waals surface area contributed by atoms with Gasteiger partial charge in [0.15, 0.2) is 0 Å². The fourth-order valence-corrected chi connectivity index (χ4v) is 4.22. The van der Waals surface area contributed by atoms with E-state index in [0.717, 1.165) is 6.07 Å². The number of carboxylic acids is 1. The normalized spacial score (nSPS) is 11.6. The molecule has 1 heterocycles. The molecule has 3 rings (SSSR count). The van der Waals surface area contributed by atoms with Crippen LogP contribution in [0, 0.1) is 13.8 Å². The number of sulfonamides is 1. The second-order valence-electron chi connectivity index (χ2n) is 7.01. The van der Waals surface area contributed by atoms with Crippen molar-refractivity contribution in [2.24, 2.45) is 0 Å². The Morgan fingerprint density at radius 2 is 1.67 bits per heavy atom. The van der Waals surface area contributed by atoms with Crippen molar-refractivity contribution in [1.82, 2.24) is 9.29 Å². The lowest BCUT2D eigenvalue weighted by Crippen LogP contribution is -2.22. The highest BCUT2D eigenvalue weighted by molar-refractivity contribution is 7.89. The Morgan fingerprint density at radius 3 is 2.15 bits per heavy atom. The van der Waals surface area contributed by atoms with E-state index in [1.165, 1.54) is 47.9 Å². The van der Waals surface area contributed by atoms with Crippen LogP contribution >= 0.6 is 0 Å². The third-order valence-corrected chi connectivity index (χ3v) is 6.20. The second-order valence-corrected chi connectivity index (χ2v) is 8.78. The fourth-order valence-electron chi connectivity index (χ4n) is 3.18. The number of hydrogen-bond donors (Lipinski definition) is 3. The molecule has 0 aliphatic heterocycles. The molecule has 0 saturated heterocycles. The number of anilines is 1. The highest BCUT2D eigenvalue weighted by Gasteiger charge is 2.34. The Balaban J connectivity index is 0.000000257. The van der Waals surface area contributed by atoms with Gasteiger partial charge in [0.2, 0.25) is 10.0 Å². The summed E-state index contributed by atoms with van der Waals surface area (Å²) in [6.45, 7) is 5.18. The van der Waals surface area contributed by atoms with Gasteiger partial charge in [0.05, 0.1) is 21.7 Å². The van der Waals surface area contributed by atoms with Crippen molar-refractivity contribution < 1.29 is 31.5 Å². The number of benzene rings is 2. The van der Waals surface area contributed by atoms with Gasteiger partial charge in [0.1, 0.15) is 0 Å². The summed E-state index contributed by atoms with van der Waals surface area (Å²) in [5, 5.41) is 9.04. The molecular weight excluding hydrogens is 459 g/mol. The van der Waals surface area contributed by atoms with E-state index < -0.39 is 27.7 Å². The number of carbonyl (C=O) groups is 1. The number of carboxylic acid groups (broad SMARTS) is 1. The number of nitrogen functional groups attached to an aromatic ring is 1. The minimum atomic E-state index is -4.50. The van der Waals surface area contributed by atoms with Gasteiger partial charge in [0.25, 0.3) is 0 Å². The number of rotatable bonds is 5. The molecule has 33 heavy (non-hydrogen) atoms. The Kier molecular flexibility index (Phi) is 7.93. The first kappa shape index (κ1) is 25.9. The smallest absolute Gasteiger partial charge is 0.418 e. The van der Waals surface area contributed by atoms with Crippen LogP contribution in [0.3, 0.4) is 0 Å². The van der Waals surface area contributed by atoms with Crippen molar-refractivity contribution in [3.63, 3.8) is 0 Å². The van der Waals surface area contributed by atoms with Crippen molar-refractivity contribution >= 4 is 21.7 Å². The Bertz CT molecular complexity index is 1230. The van der Waals surface area contributed by atoms with Gasteiger partial charge in [-0.1, -0.05) is 19.1 Å². The van der Waals surface area contributed by atoms with Crippen LogP contribution in [0.1, 0.15) is 34.2 Å². The molecule has 7 nitrogen and oxygen atoms in total. The number of halogens is 3. The molecule has 3 aromatic rings. The van der Waals surface area contributed by atoms with Crippen LogP contribution in [-0.4, -0.2) is 30.6 Å². The number of aryl methyl sites for hydroxylation is 1. The lowest BCUT2D eigenvalue weighted by atomic mass is 10.1. The van der Waals surface area contributed by atoms with E-state index >= 15 is 0 Å². The Labute approximate surface area is 189 Å². The quantitative estimate of drug-likeness (QED) is 0.466. The van der Waals surface area contributed by atoms with Crippen LogP contribution in [0.5, 0.6) is 0 Å². The van der Waals surface area contributed by atoms with Crippen LogP contribution in [0.4, 0.5) is 18.9 Å². The molecule has 0 unspecified atom stereocenters. The number of alkyl halides is 3. The third kappa shape index (κ3) is 6.14. The van der Waals surface area contributed by atoms with Crippen molar-refractivity contribution in [2.45, 2.75) is 31.8 Å². The average molecular weight is 484 g/mol. The average Bonchev–Trinajstić information content (AvgIpc) is 3.02. The van der Waals surface area contributed by atoms with E-state index in [2.05, 4.69) is 4.72 Å². The molecule has 0 aliphatic carbocycles. The van der Waals surface area contributed by atoms with E-state index in [1.54, 1.807) is 26.0 Å². The number of aromatic carboxylic acids is 1. The number of aromatic nitrogens is 1. The molecule has 1 aromatic heterocycles. The number of nitrogens with one attached hydrogen (secondary N) is 1. The van der Waals surface area contributed by atoms with Crippen LogP contribution in [0.15, 0.2) is 59.5 Å². The topological polar surface area (TPSA) is 114 Å². The monoisotopic (exact) mass is 483 g/mol. The third-order valence-electron chi connectivity index (χ3n) is 4.64. The number of nitrogens with zero attached hydrogens (tertiary/aromatic N) is 1.